The van der Waals surface area contributed by atoms with Crippen LogP contribution in [0.1, 0.15) is 22.7 Å². The first-order chi connectivity index (χ1) is 13.8. The number of rotatable bonds is 6. The third-order valence-corrected chi connectivity index (χ3v) is 4.86. The van der Waals surface area contributed by atoms with Gasteiger partial charge in [-0.2, -0.15) is 0 Å². The highest BCUT2D eigenvalue weighted by molar-refractivity contribution is 5.58. The molecule has 0 amide bonds. The van der Waals surface area contributed by atoms with Crippen molar-refractivity contribution in [3.63, 3.8) is 0 Å². The molecule has 0 radical (unpaired) electrons. The van der Waals surface area contributed by atoms with Crippen LogP contribution in [0.5, 0.6) is 0 Å². The Kier molecular flexibility index (Phi) is 5.38. The van der Waals surface area contributed by atoms with Crippen molar-refractivity contribution in [2.75, 3.05) is 11.9 Å². The summed E-state index contributed by atoms with van der Waals surface area (Å²) in [5.74, 6) is 1.03. The second-order valence-corrected chi connectivity index (χ2v) is 6.72. The molecule has 3 aromatic heterocycles. The predicted molar refractivity (Wildman–Crippen MR) is 113 cm³/mol. The molecule has 0 aliphatic carbocycles. The molecule has 0 aliphatic rings. The summed E-state index contributed by atoms with van der Waals surface area (Å²) in [5, 5.41) is 0. The smallest absolute Gasteiger partial charge is 0.133 e. The number of nitrogens with zero attached hydrogens (tertiary/aromatic N) is 4. The minimum absolute atomic E-state index is 0.137. The van der Waals surface area contributed by atoms with E-state index in [1.54, 1.807) is 6.20 Å². The average molecular weight is 366 g/mol. The van der Waals surface area contributed by atoms with Crippen molar-refractivity contribution in [1.82, 2.24) is 15.0 Å². The van der Waals surface area contributed by atoms with Gasteiger partial charge in [-0.1, -0.05) is 42.5 Å². The van der Waals surface area contributed by atoms with Gasteiger partial charge < -0.3 is 4.90 Å². The molecule has 0 fully saturated rings. The maximum absolute atomic E-state index is 4.99. The monoisotopic (exact) mass is 366 g/mol. The lowest BCUT2D eigenvalue weighted by atomic mass is 9.90. The highest BCUT2D eigenvalue weighted by atomic mass is 15.2. The molecule has 1 atom stereocenters. The van der Waals surface area contributed by atoms with E-state index in [1.165, 1.54) is 11.1 Å². The molecule has 0 N–H and O–H groups in total. The molecule has 0 spiro atoms. The van der Waals surface area contributed by atoms with Crippen molar-refractivity contribution in [3.05, 3.63) is 114 Å². The van der Waals surface area contributed by atoms with Crippen LogP contribution in [0.3, 0.4) is 0 Å². The van der Waals surface area contributed by atoms with Gasteiger partial charge in [0.25, 0.3) is 0 Å². The summed E-state index contributed by atoms with van der Waals surface area (Å²) in [4.78, 5) is 15.6. The Bertz CT molecular complexity index is 1000. The molecule has 0 saturated carbocycles. The Morgan fingerprint density at radius 3 is 2.29 bits per heavy atom. The van der Waals surface area contributed by atoms with E-state index in [4.69, 9.17) is 4.98 Å². The van der Waals surface area contributed by atoms with Crippen LogP contribution < -0.4 is 4.90 Å². The number of hydrogen-bond donors (Lipinski definition) is 0. The molecule has 28 heavy (non-hydrogen) atoms. The van der Waals surface area contributed by atoms with Gasteiger partial charge in [-0.15, -0.1) is 0 Å². The molecule has 4 aromatic rings. The highest BCUT2D eigenvalue weighted by Crippen LogP contribution is 2.29. The van der Waals surface area contributed by atoms with E-state index in [-0.39, 0.29) is 5.92 Å². The maximum atomic E-state index is 4.99. The second kappa shape index (κ2) is 8.44. The van der Waals surface area contributed by atoms with Crippen molar-refractivity contribution < 1.29 is 0 Å². The molecule has 1 aromatic carbocycles. The van der Waals surface area contributed by atoms with Crippen LogP contribution >= 0.6 is 0 Å². The Labute approximate surface area is 165 Å². The van der Waals surface area contributed by atoms with Gasteiger partial charge >= 0.3 is 0 Å². The summed E-state index contributed by atoms with van der Waals surface area (Å²) in [6, 6.07) is 24.8. The summed E-state index contributed by atoms with van der Waals surface area (Å²) >= 11 is 0. The fourth-order valence-electron chi connectivity index (χ4n) is 3.33. The van der Waals surface area contributed by atoms with Crippen LogP contribution in [0.25, 0.3) is 0 Å². The van der Waals surface area contributed by atoms with Gasteiger partial charge in [-0.3, -0.25) is 9.97 Å². The Morgan fingerprint density at radius 2 is 1.57 bits per heavy atom. The van der Waals surface area contributed by atoms with Gasteiger partial charge in [0.15, 0.2) is 0 Å². The fourth-order valence-corrected chi connectivity index (χ4v) is 3.33. The van der Waals surface area contributed by atoms with Crippen molar-refractivity contribution in [2.24, 2.45) is 0 Å². The van der Waals surface area contributed by atoms with E-state index in [0.29, 0.717) is 0 Å². The first-order valence-electron chi connectivity index (χ1n) is 9.36. The summed E-state index contributed by atoms with van der Waals surface area (Å²) in [6.45, 7) is 0. The molecule has 0 aliphatic heterocycles. The molecule has 4 heteroatoms. The quantitative estimate of drug-likeness (QED) is 0.481. The van der Waals surface area contributed by atoms with Gasteiger partial charge in [0.2, 0.25) is 0 Å². The Balaban J connectivity index is 1.70. The fraction of sp³-hybridized carbons (Fsp3) is 0.125. The van der Waals surface area contributed by atoms with E-state index in [2.05, 4.69) is 57.3 Å². The summed E-state index contributed by atoms with van der Waals surface area (Å²) in [6.07, 6.45) is 8.24. The molecule has 1 unspecified atom stereocenters. The van der Waals surface area contributed by atoms with Crippen molar-refractivity contribution in [2.45, 2.75) is 12.3 Å². The average Bonchev–Trinajstić information content (AvgIpc) is 2.79. The van der Waals surface area contributed by atoms with E-state index >= 15 is 0 Å². The molecule has 0 bridgehead atoms. The van der Waals surface area contributed by atoms with E-state index in [0.717, 1.165) is 23.6 Å². The van der Waals surface area contributed by atoms with Gasteiger partial charge in [-0.25, -0.2) is 4.98 Å². The normalized spacial score (nSPS) is 11.8. The Morgan fingerprint density at radius 1 is 0.786 bits per heavy atom. The second-order valence-electron chi connectivity index (χ2n) is 6.72. The van der Waals surface area contributed by atoms with Crippen LogP contribution in [0.4, 0.5) is 11.5 Å². The first kappa shape index (κ1) is 17.9. The summed E-state index contributed by atoms with van der Waals surface area (Å²) in [5.41, 5.74) is 4.49. The number of anilines is 2. The lowest BCUT2D eigenvalue weighted by molar-refractivity contribution is 0.768. The zero-order valence-corrected chi connectivity index (χ0v) is 15.8. The Hall–Kier alpha value is -3.53. The number of aromatic nitrogens is 3. The molecule has 0 saturated heterocycles. The van der Waals surface area contributed by atoms with Crippen molar-refractivity contribution in [1.29, 1.82) is 0 Å². The molecule has 138 valence electrons. The minimum atomic E-state index is 0.137. The largest absolute Gasteiger partial charge is 0.328 e. The first-order valence-corrected chi connectivity index (χ1v) is 9.36. The van der Waals surface area contributed by atoms with Crippen molar-refractivity contribution in [3.8, 4) is 0 Å². The standard InChI is InChI=1S/C24H22N4/c1-28(21-11-7-15-26-18-21)24-13-5-12-23(27-24)22(20-10-6-14-25-17-20)16-19-8-3-2-4-9-19/h2-15,17-18,22H,16H2,1H3. The minimum Gasteiger partial charge on any atom is -0.328 e. The predicted octanol–water partition coefficient (Wildman–Crippen LogP) is 5.01. The van der Waals surface area contributed by atoms with Crippen molar-refractivity contribution >= 4 is 11.5 Å². The van der Waals surface area contributed by atoms with Crippen LogP contribution in [-0.4, -0.2) is 22.0 Å². The van der Waals surface area contributed by atoms with Crippen LogP contribution in [0.2, 0.25) is 0 Å². The molecule has 3 heterocycles. The lowest BCUT2D eigenvalue weighted by Gasteiger charge is -2.21. The van der Waals surface area contributed by atoms with Crippen LogP contribution in [0, 0.1) is 0 Å². The number of benzene rings is 1. The topological polar surface area (TPSA) is 41.9 Å². The zero-order chi connectivity index (χ0) is 19.2. The lowest BCUT2D eigenvalue weighted by Crippen LogP contribution is -2.14. The third-order valence-electron chi connectivity index (χ3n) is 4.86. The van der Waals surface area contributed by atoms with Crippen LogP contribution in [-0.2, 0) is 6.42 Å². The summed E-state index contributed by atoms with van der Waals surface area (Å²) in [7, 11) is 2.01. The van der Waals surface area contributed by atoms with Gasteiger partial charge in [0, 0.05) is 31.6 Å². The van der Waals surface area contributed by atoms with Gasteiger partial charge in [-0.05, 0) is 47.9 Å². The summed E-state index contributed by atoms with van der Waals surface area (Å²) < 4.78 is 0. The van der Waals surface area contributed by atoms with E-state index < -0.39 is 0 Å². The third kappa shape index (κ3) is 4.07. The number of pyridine rings is 3. The van der Waals surface area contributed by atoms with Gasteiger partial charge in [0.1, 0.15) is 5.82 Å². The van der Waals surface area contributed by atoms with Crippen LogP contribution in [0.15, 0.2) is 97.6 Å². The SMILES string of the molecule is CN(c1cccnc1)c1cccc(C(Cc2ccccc2)c2cccnc2)n1. The van der Waals surface area contributed by atoms with E-state index in [9.17, 15) is 0 Å². The molecular weight excluding hydrogens is 344 g/mol. The maximum Gasteiger partial charge on any atom is 0.133 e. The number of hydrogen-bond acceptors (Lipinski definition) is 4. The van der Waals surface area contributed by atoms with Gasteiger partial charge in [0.05, 0.1) is 17.6 Å². The molecule has 4 rings (SSSR count). The molecule has 4 nitrogen and oxygen atoms in total. The zero-order valence-electron chi connectivity index (χ0n) is 15.8. The highest BCUT2D eigenvalue weighted by Gasteiger charge is 2.18. The molecular formula is C24H22N4. The van der Waals surface area contributed by atoms with E-state index in [1.807, 2.05) is 56.0 Å².